The molecule has 7 heteroatoms. The molecule has 0 aliphatic rings. The van der Waals surface area contributed by atoms with Crippen molar-refractivity contribution in [2.75, 3.05) is 5.32 Å². The number of hydrogen-bond acceptors (Lipinski definition) is 4. The van der Waals surface area contributed by atoms with Crippen LogP contribution >= 0.6 is 0 Å². The lowest BCUT2D eigenvalue weighted by atomic mass is 10.1. The first-order chi connectivity index (χ1) is 14.0. The largest absolute Gasteiger partial charge is 0.468 e. The Labute approximate surface area is 170 Å². The van der Waals surface area contributed by atoms with Crippen LogP contribution in [0.3, 0.4) is 0 Å². The molecule has 0 bridgehead atoms. The van der Waals surface area contributed by atoms with E-state index in [1.807, 2.05) is 31.2 Å². The smallest absolute Gasteiger partial charge is 0.248 e. The van der Waals surface area contributed by atoms with Crippen LogP contribution in [0.25, 0.3) is 6.08 Å². The van der Waals surface area contributed by atoms with Crippen LogP contribution in [0, 0.1) is 0 Å². The fraction of sp³-hybridized carbons (Fsp3) is 0.136. The van der Waals surface area contributed by atoms with Gasteiger partial charge in [-0.25, -0.2) is 13.1 Å². The molecule has 1 heterocycles. The number of carbonyl (C=O) groups is 1. The molecule has 6 nitrogen and oxygen atoms in total. The molecule has 3 aromatic rings. The molecule has 150 valence electrons. The Kier molecular flexibility index (Phi) is 6.64. The molecule has 1 aromatic heterocycles. The van der Waals surface area contributed by atoms with Crippen LogP contribution in [0.15, 0.2) is 82.3 Å². The first-order valence-corrected chi connectivity index (χ1v) is 10.7. The predicted octanol–water partition coefficient (Wildman–Crippen LogP) is 3.97. The summed E-state index contributed by atoms with van der Waals surface area (Å²) in [6.07, 6.45) is 5.37. The van der Waals surface area contributed by atoms with Crippen molar-refractivity contribution in [3.63, 3.8) is 0 Å². The Morgan fingerprint density at radius 3 is 2.48 bits per heavy atom. The number of aryl methyl sites for hydroxylation is 1. The van der Waals surface area contributed by atoms with E-state index in [4.69, 9.17) is 4.42 Å². The van der Waals surface area contributed by atoms with Gasteiger partial charge < -0.3 is 9.73 Å². The van der Waals surface area contributed by atoms with Crippen molar-refractivity contribution < 1.29 is 17.6 Å². The van der Waals surface area contributed by atoms with Gasteiger partial charge in [-0.2, -0.15) is 0 Å². The molecule has 1 amide bonds. The molecule has 0 aliphatic heterocycles. The lowest BCUT2D eigenvalue weighted by molar-refractivity contribution is -0.111. The Morgan fingerprint density at radius 2 is 1.79 bits per heavy atom. The minimum atomic E-state index is -3.65. The third-order valence-corrected chi connectivity index (χ3v) is 5.71. The van der Waals surface area contributed by atoms with Crippen molar-refractivity contribution in [2.24, 2.45) is 0 Å². The number of amides is 1. The summed E-state index contributed by atoms with van der Waals surface area (Å²) in [5.41, 5.74) is 2.56. The van der Waals surface area contributed by atoms with Gasteiger partial charge in [-0.3, -0.25) is 4.79 Å². The summed E-state index contributed by atoms with van der Waals surface area (Å²) in [5, 5.41) is 2.86. The van der Waals surface area contributed by atoms with Gasteiger partial charge in [-0.15, -0.1) is 0 Å². The zero-order chi connectivity index (χ0) is 20.7. The quantitative estimate of drug-likeness (QED) is 0.550. The first-order valence-electron chi connectivity index (χ1n) is 9.17. The van der Waals surface area contributed by atoms with Gasteiger partial charge in [0, 0.05) is 11.8 Å². The maximum Gasteiger partial charge on any atom is 0.248 e. The SMILES string of the molecule is CCc1ccccc1NC(=O)/C=C/c1ccc(S(=O)(=O)NCc2ccco2)cc1. The van der Waals surface area contributed by atoms with Gasteiger partial charge in [-0.1, -0.05) is 37.3 Å². The van der Waals surface area contributed by atoms with Crippen LogP contribution in [0.2, 0.25) is 0 Å². The molecule has 0 saturated heterocycles. The number of carbonyl (C=O) groups excluding carboxylic acids is 1. The normalized spacial score (nSPS) is 11.6. The Hall–Kier alpha value is -3.16. The summed E-state index contributed by atoms with van der Waals surface area (Å²) < 4.78 is 32.3. The van der Waals surface area contributed by atoms with Gasteiger partial charge in [0.05, 0.1) is 17.7 Å². The molecule has 2 N–H and O–H groups in total. The number of rotatable bonds is 8. The number of para-hydroxylation sites is 1. The van der Waals surface area contributed by atoms with Crippen molar-refractivity contribution in [1.29, 1.82) is 0 Å². The second-order valence-corrected chi connectivity index (χ2v) is 8.07. The summed E-state index contributed by atoms with van der Waals surface area (Å²) in [7, 11) is -3.65. The summed E-state index contributed by atoms with van der Waals surface area (Å²) in [6, 6.07) is 17.3. The molecular formula is C22H22N2O4S. The number of anilines is 1. The van der Waals surface area contributed by atoms with Crippen LogP contribution in [-0.2, 0) is 27.8 Å². The van der Waals surface area contributed by atoms with E-state index >= 15 is 0 Å². The van der Waals surface area contributed by atoms with Gasteiger partial charge in [0.15, 0.2) is 0 Å². The van der Waals surface area contributed by atoms with E-state index in [9.17, 15) is 13.2 Å². The van der Waals surface area contributed by atoms with Gasteiger partial charge in [-0.05, 0) is 54.0 Å². The third-order valence-electron chi connectivity index (χ3n) is 4.29. The molecule has 0 aliphatic carbocycles. The van der Waals surface area contributed by atoms with Crippen molar-refractivity contribution in [3.05, 3.63) is 89.9 Å². The maximum atomic E-state index is 12.3. The summed E-state index contributed by atoms with van der Waals surface area (Å²) >= 11 is 0. The van der Waals surface area contributed by atoms with E-state index in [2.05, 4.69) is 10.0 Å². The van der Waals surface area contributed by atoms with Gasteiger partial charge in [0.2, 0.25) is 15.9 Å². The predicted molar refractivity (Wildman–Crippen MR) is 113 cm³/mol. The zero-order valence-corrected chi connectivity index (χ0v) is 16.8. The highest BCUT2D eigenvalue weighted by molar-refractivity contribution is 7.89. The third kappa shape index (κ3) is 5.66. The highest BCUT2D eigenvalue weighted by Crippen LogP contribution is 2.16. The molecule has 0 unspecified atom stereocenters. The van der Waals surface area contributed by atoms with Crippen LogP contribution in [-0.4, -0.2) is 14.3 Å². The highest BCUT2D eigenvalue weighted by Gasteiger charge is 2.14. The lowest BCUT2D eigenvalue weighted by Crippen LogP contribution is -2.22. The molecule has 29 heavy (non-hydrogen) atoms. The fourth-order valence-electron chi connectivity index (χ4n) is 2.72. The first kappa shape index (κ1) is 20.6. The highest BCUT2D eigenvalue weighted by atomic mass is 32.2. The van der Waals surface area contributed by atoms with Crippen molar-refractivity contribution in [2.45, 2.75) is 24.8 Å². The number of nitrogens with one attached hydrogen (secondary N) is 2. The summed E-state index contributed by atoms with van der Waals surface area (Å²) in [6.45, 7) is 2.11. The average molecular weight is 410 g/mol. The second kappa shape index (κ2) is 9.36. The summed E-state index contributed by atoms with van der Waals surface area (Å²) in [4.78, 5) is 12.3. The van der Waals surface area contributed by atoms with Gasteiger partial charge in [0.25, 0.3) is 0 Å². The number of benzene rings is 2. The van der Waals surface area contributed by atoms with Crippen LogP contribution in [0.5, 0.6) is 0 Å². The molecule has 0 spiro atoms. The maximum absolute atomic E-state index is 12.3. The molecular weight excluding hydrogens is 388 g/mol. The molecule has 0 saturated carbocycles. The summed E-state index contributed by atoms with van der Waals surface area (Å²) in [5.74, 6) is 0.284. The molecule has 0 radical (unpaired) electrons. The zero-order valence-electron chi connectivity index (χ0n) is 16.0. The van der Waals surface area contributed by atoms with E-state index in [1.54, 1.807) is 30.3 Å². The Morgan fingerprint density at radius 1 is 1.03 bits per heavy atom. The number of furan rings is 1. The second-order valence-electron chi connectivity index (χ2n) is 6.31. The number of sulfonamides is 1. The monoisotopic (exact) mass is 410 g/mol. The van der Waals surface area contributed by atoms with Gasteiger partial charge in [0.1, 0.15) is 5.76 Å². The Bertz CT molecular complexity index is 1090. The molecule has 0 fully saturated rings. The minimum Gasteiger partial charge on any atom is -0.468 e. The van der Waals surface area contributed by atoms with Crippen LogP contribution in [0.1, 0.15) is 23.8 Å². The van der Waals surface area contributed by atoms with Crippen molar-refractivity contribution >= 4 is 27.7 Å². The van der Waals surface area contributed by atoms with Gasteiger partial charge >= 0.3 is 0 Å². The van der Waals surface area contributed by atoms with Crippen LogP contribution in [0.4, 0.5) is 5.69 Å². The minimum absolute atomic E-state index is 0.0798. The van der Waals surface area contributed by atoms with Crippen LogP contribution < -0.4 is 10.0 Å². The average Bonchev–Trinajstić information content (AvgIpc) is 3.25. The number of hydrogen-bond donors (Lipinski definition) is 2. The topological polar surface area (TPSA) is 88.4 Å². The van der Waals surface area contributed by atoms with Crippen molar-refractivity contribution in [1.82, 2.24) is 4.72 Å². The Balaban J connectivity index is 1.61. The van der Waals surface area contributed by atoms with E-state index in [0.29, 0.717) is 11.3 Å². The lowest BCUT2D eigenvalue weighted by Gasteiger charge is -2.07. The van der Waals surface area contributed by atoms with E-state index in [-0.39, 0.29) is 17.3 Å². The molecule has 3 rings (SSSR count). The molecule has 2 aromatic carbocycles. The fourth-order valence-corrected chi connectivity index (χ4v) is 3.71. The standard InChI is InChI=1S/C22H22N2O4S/c1-2-18-6-3-4-8-21(18)24-22(25)14-11-17-9-12-20(13-10-17)29(26,27)23-16-19-7-5-15-28-19/h3-15,23H,2,16H2,1H3,(H,24,25)/b14-11+. The van der Waals surface area contributed by atoms with E-state index < -0.39 is 10.0 Å². The van der Waals surface area contributed by atoms with Crippen molar-refractivity contribution in [3.8, 4) is 0 Å². The molecule has 0 atom stereocenters. The van der Waals surface area contributed by atoms with E-state index in [0.717, 1.165) is 17.7 Å². The van der Waals surface area contributed by atoms with E-state index in [1.165, 1.54) is 24.5 Å².